The summed E-state index contributed by atoms with van der Waals surface area (Å²) < 4.78 is 0. The van der Waals surface area contributed by atoms with E-state index in [1.165, 1.54) is 12.4 Å². The third kappa shape index (κ3) is 2.96. The number of carboxylic acids is 1. The van der Waals surface area contributed by atoms with Gasteiger partial charge in [0.1, 0.15) is 0 Å². The van der Waals surface area contributed by atoms with Crippen LogP contribution in [0.15, 0.2) is 61.1 Å². The van der Waals surface area contributed by atoms with E-state index in [9.17, 15) is 14.7 Å². The normalized spacial score (nSPS) is 10.3. The van der Waals surface area contributed by atoms with E-state index in [1.807, 2.05) is 0 Å². The van der Waals surface area contributed by atoms with Gasteiger partial charge in [-0.1, -0.05) is 30.3 Å². The fourth-order valence-electron chi connectivity index (χ4n) is 2.09. The number of carboxylic acid groups (broad SMARTS) is 1. The number of carbonyl (C=O) groups excluding carboxylic acids is 1. The van der Waals surface area contributed by atoms with Gasteiger partial charge in [0.2, 0.25) is 0 Å². The fraction of sp³-hybridized carbons (Fsp3) is 0. The maximum Gasteiger partial charge on any atom is 0.355 e. The Labute approximate surface area is 131 Å². The highest BCUT2D eigenvalue weighted by Crippen LogP contribution is 2.18. The lowest BCUT2D eigenvalue weighted by atomic mass is 10.0. The molecule has 2 aromatic heterocycles. The summed E-state index contributed by atoms with van der Waals surface area (Å²) in [6.45, 7) is 0. The number of benzene rings is 1. The number of ketones is 1. The zero-order valence-electron chi connectivity index (χ0n) is 11.9. The minimum atomic E-state index is -1.28. The molecular formula is C17H11N3O3. The average Bonchev–Trinajstić information content (AvgIpc) is 2.62. The van der Waals surface area contributed by atoms with E-state index in [2.05, 4.69) is 15.0 Å². The lowest BCUT2D eigenvalue weighted by molar-refractivity contribution is 0.0686. The van der Waals surface area contributed by atoms with Gasteiger partial charge < -0.3 is 5.11 Å². The average molecular weight is 305 g/mol. The van der Waals surface area contributed by atoms with Gasteiger partial charge in [-0.05, 0) is 12.1 Å². The van der Waals surface area contributed by atoms with Crippen molar-refractivity contribution in [3.8, 4) is 11.4 Å². The zero-order valence-corrected chi connectivity index (χ0v) is 11.9. The minimum absolute atomic E-state index is 0.0451. The molecule has 0 aliphatic heterocycles. The molecule has 3 aromatic rings. The number of aromatic carboxylic acids is 1. The number of nitrogens with zero attached hydrogens (tertiary/aromatic N) is 3. The molecule has 0 aliphatic carbocycles. The van der Waals surface area contributed by atoms with Gasteiger partial charge in [0.05, 0.1) is 5.56 Å². The van der Waals surface area contributed by atoms with Crippen LogP contribution < -0.4 is 0 Å². The first-order valence-electron chi connectivity index (χ1n) is 6.77. The minimum Gasteiger partial charge on any atom is -0.476 e. The van der Waals surface area contributed by atoms with Gasteiger partial charge in [-0.15, -0.1) is 0 Å². The van der Waals surface area contributed by atoms with Crippen molar-refractivity contribution < 1.29 is 14.7 Å². The smallest absolute Gasteiger partial charge is 0.355 e. The molecule has 0 radical (unpaired) electrons. The van der Waals surface area contributed by atoms with Gasteiger partial charge in [0.15, 0.2) is 17.3 Å². The number of hydrogen-bond donors (Lipinski definition) is 1. The SMILES string of the molecule is O=C(c1ccccc1)c1cnc(-c2cccnc2)nc1C(=O)O. The number of pyridine rings is 1. The molecule has 0 saturated carbocycles. The van der Waals surface area contributed by atoms with E-state index in [-0.39, 0.29) is 17.1 Å². The molecule has 0 atom stereocenters. The van der Waals surface area contributed by atoms with Crippen LogP contribution in [-0.4, -0.2) is 31.8 Å². The molecule has 23 heavy (non-hydrogen) atoms. The molecule has 0 saturated heterocycles. The monoisotopic (exact) mass is 305 g/mol. The summed E-state index contributed by atoms with van der Waals surface area (Å²) >= 11 is 0. The number of carbonyl (C=O) groups is 2. The van der Waals surface area contributed by atoms with Crippen LogP contribution in [0.2, 0.25) is 0 Å². The standard InChI is InChI=1S/C17H11N3O3/c21-15(11-5-2-1-3-6-11)13-10-19-16(20-14(13)17(22)23)12-7-4-8-18-9-12/h1-10H,(H,22,23). The highest BCUT2D eigenvalue weighted by molar-refractivity contribution is 6.13. The molecule has 0 fully saturated rings. The van der Waals surface area contributed by atoms with Crippen molar-refractivity contribution in [2.24, 2.45) is 0 Å². The van der Waals surface area contributed by atoms with E-state index in [1.54, 1.807) is 48.7 Å². The van der Waals surface area contributed by atoms with E-state index in [4.69, 9.17) is 0 Å². The fourth-order valence-corrected chi connectivity index (χ4v) is 2.09. The van der Waals surface area contributed by atoms with Crippen LogP contribution in [0.4, 0.5) is 0 Å². The summed E-state index contributed by atoms with van der Waals surface area (Å²) in [6, 6.07) is 11.8. The molecule has 6 heteroatoms. The van der Waals surface area contributed by atoms with Gasteiger partial charge in [-0.2, -0.15) is 0 Å². The summed E-state index contributed by atoms with van der Waals surface area (Å²) in [4.78, 5) is 36.0. The van der Waals surface area contributed by atoms with Gasteiger partial charge in [0, 0.05) is 29.7 Å². The molecule has 112 valence electrons. The molecule has 1 N–H and O–H groups in total. The second kappa shape index (κ2) is 6.15. The quantitative estimate of drug-likeness (QED) is 0.744. The predicted molar refractivity (Wildman–Crippen MR) is 82.1 cm³/mol. The molecular weight excluding hydrogens is 294 g/mol. The van der Waals surface area contributed by atoms with Gasteiger partial charge >= 0.3 is 5.97 Å². The Morgan fingerprint density at radius 1 is 0.957 bits per heavy atom. The topological polar surface area (TPSA) is 93.0 Å². The highest BCUT2D eigenvalue weighted by Gasteiger charge is 2.21. The van der Waals surface area contributed by atoms with Gasteiger partial charge in [-0.3, -0.25) is 9.78 Å². The molecule has 1 aromatic carbocycles. The van der Waals surface area contributed by atoms with E-state index in [0.717, 1.165) is 0 Å². The lowest BCUT2D eigenvalue weighted by Gasteiger charge is -2.06. The van der Waals surface area contributed by atoms with Crippen LogP contribution in [0, 0.1) is 0 Å². The number of aromatic nitrogens is 3. The van der Waals surface area contributed by atoms with E-state index < -0.39 is 11.8 Å². The summed E-state index contributed by atoms with van der Waals surface area (Å²) in [5.74, 6) is -1.50. The first kappa shape index (κ1) is 14.5. The first-order valence-corrected chi connectivity index (χ1v) is 6.77. The lowest BCUT2D eigenvalue weighted by Crippen LogP contribution is -2.13. The van der Waals surface area contributed by atoms with Crippen molar-refractivity contribution in [1.82, 2.24) is 15.0 Å². The van der Waals surface area contributed by atoms with Crippen LogP contribution >= 0.6 is 0 Å². The number of rotatable bonds is 4. The predicted octanol–water partition coefficient (Wildman–Crippen LogP) is 2.47. The maximum atomic E-state index is 12.5. The second-order valence-corrected chi connectivity index (χ2v) is 4.70. The molecule has 3 rings (SSSR count). The maximum absolute atomic E-state index is 12.5. The van der Waals surface area contributed by atoms with Crippen molar-refractivity contribution in [1.29, 1.82) is 0 Å². The van der Waals surface area contributed by atoms with Crippen LogP contribution in [-0.2, 0) is 0 Å². The Morgan fingerprint density at radius 3 is 2.39 bits per heavy atom. The molecule has 0 bridgehead atoms. The summed E-state index contributed by atoms with van der Waals surface area (Å²) in [7, 11) is 0. The zero-order chi connectivity index (χ0) is 16.2. The largest absolute Gasteiger partial charge is 0.476 e. The van der Waals surface area contributed by atoms with Crippen molar-refractivity contribution in [3.05, 3.63) is 77.9 Å². The molecule has 6 nitrogen and oxygen atoms in total. The van der Waals surface area contributed by atoms with Crippen LogP contribution in [0.5, 0.6) is 0 Å². The van der Waals surface area contributed by atoms with Gasteiger partial charge in [-0.25, -0.2) is 14.8 Å². The van der Waals surface area contributed by atoms with Crippen LogP contribution in [0.1, 0.15) is 26.4 Å². The third-order valence-corrected chi connectivity index (χ3v) is 3.19. The van der Waals surface area contributed by atoms with Crippen LogP contribution in [0.25, 0.3) is 11.4 Å². The second-order valence-electron chi connectivity index (χ2n) is 4.70. The highest BCUT2D eigenvalue weighted by atomic mass is 16.4. The Balaban J connectivity index is 2.08. The Bertz CT molecular complexity index is 865. The van der Waals surface area contributed by atoms with Crippen molar-refractivity contribution in [2.45, 2.75) is 0 Å². The molecule has 0 spiro atoms. The Kier molecular flexibility index (Phi) is 3.88. The summed E-state index contributed by atoms with van der Waals surface area (Å²) in [6.07, 6.45) is 4.36. The Morgan fingerprint density at radius 2 is 1.74 bits per heavy atom. The molecule has 0 amide bonds. The molecule has 2 heterocycles. The van der Waals surface area contributed by atoms with E-state index in [0.29, 0.717) is 11.1 Å². The third-order valence-electron chi connectivity index (χ3n) is 3.19. The Hall–Kier alpha value is -3.41. The van der Waals surface area contributed by atoms with E-state index >= 15 is 0 Å². The van der Waals surface area contributed by atoms with Crippen molar-refractivity contribution >= 4 is 11.8 Å². The first-order chi connectivity index (χ1) is 11.2. The number of hydrogen-bond acceptors (Lipinski definition) is 5. The summed E-state index contributed by atoms with van der Waals surface area (Å²) in [5, 5.41) is 9.37. The van der Waals surface area contributed by atoms with Crippen LogP contribution in [0.3, 0.4) is 0 Å². The summed E-state index contributed by atoms with van der Waals surface area (Å²) in [5.41, 5.74) is 0.588. The van der Waals surface area contributed by atoms with Crippen molar-refractivity contribution in [3.63, 3.8) is 0 Å². The van der Waals surface area contributed by atoms with Gasteiger partial charge in [0.25, 0.3) is 0 Å². The molecule has 0 aliphatic rings. The van der Waals surface area contributed by atoms with Crippen molar-refractivity contribution in [2.75, 3.05) is 0 Å². The molecule has 0 unspecified atom stereocenters.